The van der Waals surface area contributed by atoms with E-state index in [4.69, 9.17) is 5.26 Å². The molecule has 2 aromatic carbocycles. The fourth-order valence-corrected chi connectivity index (χ4v) is 2.53. The Bertz CT molecular complexity index is 941. The van der Waals surface area contributed by atoms with E-state index in [-0.39, 0.29) is 5.91 Å². The molecular weight excluding hydrogens is 324 g/mol. The fourth-order valence-electron chi connectivity index (χ4n) is 2.53. The van der Waals surface area contributed by atoms with Crippen molar-refractivity contribution in [2.24, 2.45) is 0 Å². The monoisotopic (exact) mass is 342 g/mol. The lowest BCUT2D eigenvalue weighted by Crippen LogP contribution is -2.15. The van der Waals surface area contributed by atoms with Crippen molar-refractivity contribution in [1.82, 2.24) is 4.98 Å². The van der Waals surface area contributed by atoms with Crippen LogP contribution >= 0.6 is 0 Å². The molecule has 3 aromatic rings. The maximum absolute atomic E-state index is 12.1. The van der Waals surface area contributed by atoms with E-state index < -0.39 is 0 Å². The first kappa shape index (κ1) is 17.2. The molecule has 0 saturated carbocycles. The van der Waals surface area contributed by atoms with Gasteiger partial charge in [0.1, 0.15) is 5.82 Å². The summed E-state index contributed by atoms with van der Waals surface area (Å²) in [5.74, 6) is 0.406. The Kier molecular flexibility index (Phi) is 5.25. The molecule has 0 atom stereocenters. The number of hydrogen-bond acceptors (Lipinski definition) is 4. The van der Waals surface area contributed by atoms with Gasteiger partial charge in [0.05, 0.1) is 29.9 Å². The number of carbonyl (C=O) groups excluding carboxylic acids is 1. The molecule has 0 aliphatic heterocycles. The summed E-state index contributed by atoms with van der Waals surface area (Å²) >= 11 is 0. The quantitative estimate of drug-likeness (QED) is 0.729. The normalized spacial score (nSPS) is 10.0. The smallest absolute Gasteiger partial charge is 0.229 e. The second-order valence-corrected chi connectivity index (χ2v) is 5.96. The Morgan fingerprint density at radius 2 is 1.85 bits per heavy atom. The van der Waals surface area contributed by atoms with E-state index in [2.05, 4.69) is 21.7 Å². The second-order valence-electron chi connectivity index (χ2n) is 5.96. The number of benzene rings is 2. The zero-order chi connectivity index (χ0) is 18.4. The molecule has 1 aromatic heterocycles. The lowest BCUT2D eigenvalue weighted by atomic mass is 10.1. The molecule has 1 heterocycles. The van der Waals surface area contributed by atoms with Gasteiger partial charge in [-0.15, -0.1) is 0 Å². The third-order valence-electron chi connectivity index (χ3n) is 3.78. The van der Waals surface area contributed by atoms with Crippen molar-refractivity contribution in [3.8, 4) is 6.07 Å². The van der Waals surface area contributed by atoms with Crippen molar-refractivity contribution in [2.75, 3.05) is 10.6 Å². The van der Waals surface area contributed by atoms with Gasteiger partial charge in [0.15, 0.2) is 0 Å². The number of aromatic nitrogens is 1. The van der Waals surface area contributed by atoms with Crippen molar-refractivity contribution in [3.63, 3.8) is 0 Å². The zero-order valence-corrected chi connectivity index (χ0v) is 14.4. The highest BCUT2D eigenvalue weighted by molar-refractivity contribution is 5.91. The number of aryl methyl sites for hydroxylation is 1. The molecule has 0 aliphatic rings. The van der Waals surface area contributed by atoms with E-state index in [9.17, 15) is 4.79 Å². The summed E-state index contributed by atoms with van der Waals surface area (Å²) in [5, 5.41) is 14.8. The van der Waals surface area contributed by atoms with E-state index >= 15 is 0 Å². The predicted octanol–water partition coefficient (Wildman–Crippen LogP) is 4.19. The minimum atomic E-state index is -0.101. The molecule has 5 heteroatoms. The predicted molar refractivity (Wildman–Crippen MR) is 102 cm³/mol. The molecule has 0 unspecified atom stereocenters. The highest BCUT2D eigenvalue weighted by Crippen LogP contribution is 2.17. The van der Waals surface area contributed by atoms with E-state index in [0.717, 1.165) is 22.5 Å². The van der Waals surface area contributed by atoms with Crippen LogP contribution in [0, 0.1) is 18.3 Å². The first-order chi connectivity index (χ1) is 12.6. The molecule has 26 heavy (non-hydrogen) atoms. The van der Waals surface area contributed by atoms with Crippen molar-refractivity contribution in [1.29, 1.82) is 5.26 Å². The lowest BCUT2D eigenvalue weighted by Gasteiger charge is -2.08. The third-order valence-corrected chi connectivity index (χ3v) is 3.78. The van der Waals surface area contributed by atoms with E-state index in [1.165, 1.54) is 0 Å². The lowest BCUT2D eigenvalue weighted by molar-refractivity contribution is -0.115. The Hall–Kier alpha value is -3.65. The van der Waals surface area contributed by atoms with Crippen molar-refractivity contribution >= 4 is 23.1 Å². The van der Waals surface area contributed by atoms with Crippen LogP contribution in [0.5, 0.6) is 0 Å². The first-order valence-electron chi connectivity index (χ1n) is 8.21. The standard InChI is InChI=1S/C21H18N4O/c1-15-3-2-4-17(11-15)12-21(26)25-20-10-9-19(14-23-20)24-18-7-5-16(13-22)6-8-18/h2-11,14,24H,12H2,1H3,(H,23,25,26). The van der Waals surface area contributed by atoms with Gasteiger partial charge in [-0.3, -0.25) is 4.79 Å². The largest absolute Gasteiger partial charge is 0.354 e. The average molecular weight is 342 g/mol. The number of rotatable bonds is 5. The molecule has 2 N–H and O–H groups in total. The van der Waals surface area contributed by atoms with E-state index in [0.29, 0.717) is 17.8 Å². The van der Waals surface area contributed by atoms with Crippen molar-refractivity contribution in [2.45, 2.75) is 13.3 Å². The number of carbonyl (C=O) groups is 1. The van der Waals surface area contributed by atoms with Crippen LogP contribution in [0.15, 0.2) is 66.9 Å². The molecule has 0 aliphatic carbocycles. The highest BCUT2D eigenvalue weighted by atomic mass is 16.1. The van der Waals surface area contributed by atoms with Crippen LogP contribution < -0.4 is 10.6 Å². The summed E-state index contributed by atoms with van der Waals surface area (Å²) < 4.78 is 0. The maximum atomic E-state index is 12.1. The van der Waals surface area contributed by atoms with Crippen molar-refractivity contribution in [3.05, 3.63) is 83.6 Å². The molecule has 0 fully saturated rings. The summed E-state index contributed by atoms with van der Waals surface area (Å²) in [7, 11) is 0. The maximum Gasteiger partial charge on any atom is 0.229 e. The van der Waals surface area contributed by atoms with Gasteiger partial charge in [-0.1, -0.05) is 29.8 Å². The van der Waals surface area contributed by atoms with Crippen LogP contribution in [0.4, 0.5) is 17.2 Å². The fraction of sp³-hybridized carbons (Fsp3) is 0.0952. The second kappa shape index (κ2) is 7.95. The summed E-state index contributed by atoms with van der Waals surface area (Å²) in [6, 6.07) is 20.7. The van der Waals surface area contributed by atoms with Gasteiger partial charge in [-0.2, -0.15) is 5.26 Å². The average Bonchev–Trinajstić information content (AvgIpc) is 2.64. The van der Waals surface area contributed by atoms with E-state index in [1.807, 2.05) is 49.4 Å². The zero-order valence-electron chi connectivity index (χ0n) is 14.4. The van der Waals surface area contributed by atoms with Crippen LogP contribution in [0.2, 0.25) is 0 Å². The van der Waals surface area contributed by atoms with Gasteiger partial charge in [0.25, 0.3) is 0 Å². The van der Waals surface area contributed by atoms with Gasteiger partial charge < -0.3 is 10.6 Å². The molecule has 0 saturated heterocycles. The molecule has 5 nitrogen and oxygen atoms in total. The number of nitrogens with one attached hydrogen (secondary N) is 2. The molecular formula is C21H18N4O. The first-order valence-corrected chi connectivity index (χ1v) is 8.21. The van der Waals surface area contributed by atoms with Gasteiger partial charge in [-0.05, 0) is 48.9 Å². The van der Waals surface area contributed by atoms with Crippen LogP contribution in [-0.4, -0.2) is 10.9 Å². The van der Waals surface area contributed by atoms with Crippen LogP contribution in [0.1, 0.15) is 16.7 Å². The topological polar surface area (TPSA) is 77.8 Å². The summed E-state index contributed by atoms with van der Waals surface area (Å²) in [6.07, 6.45) is 1.97. The van der Waals surface area contributed by atoms with Gasteiger partial charge in [0, 0.05) is 5.69 Å². The van der Waals surface area contributed by atoms with Gasteiger partial charge >= 0.3 is 0 Å². The molecule has 0 radical (unpaired) electrons. The number of amides is 1. The SMILES string of the molecule is Cc1cccc(CC(=O)Nc2ccc(Nc3ccc(C#N)cc3)cn2)c1. The molecule has 3 rings (SSSR count). The Labute approximate surface area is 152 Å². The van der Waals surface area contributed by atoms with Gasteiger partial charge in [0.2, 0.25) is 5.91 Å². The van der Waals surface area contributed by atoms with Crippen LogP contribution in [0.25, 0.3) is 0 Å². The van der Waals surface area contributed by atoms with Gasteiger partial charge in [-0.25, -0.2) is 4.98 Å². The molecule has 0 bridgehead atoms. The summed E-state index contributed by atoms with van der Waals surface area (Å²) in [4.78, 5) is 16.4. The summed E-state index contributed by atoms with van der Waals surface area (Å²) in [5.41, 5.74) is 4.38. The minimum absolute atomic E-state index is 0.101. The van der Waals surface area contributed by atoms with Crippen molar-refractivity contribution < 1.29 is 4.79 Å². The number of anilines is 3. The Morgan fingerprint density at radius 3 is 2.50 bits per heavy atom. The van der Waals surface area contributed by atoms with Crippen LogP contribution in [-0.2, 0) is 11.2 Å². The molecule has 0 spiro atoms. The minimum Gasteiger partial charge on any atom is -0.354 e. The Balaban J connectivity index is 1.58. The number of hydrogen-bond donors (Lipinski definition) is 2. The number of pyridine rings is 1. The number of nitriles is 1. The van der Waals surface area contributed by atoms with Crippen LogP contribution in [0.3, 0.4) is 0 Å². The Morgan fingerprint density at radius 1 is 1.08 bits per heavy atom. The third kappa shape index (κ3) is 4.68. The molecule has 1 amide bonds. The number of nitrogens with zero attached hydrogens (tertiary/aromatic N) is 2. The van der Waals surface area contributed by atoms with E-state index in [1.54, 1.807) is 24.4 Å². The summed E-state index contributed by atoms with van der Waals surface area (Å²) in [6.45, 7) is 2.00. The highest BCUT2D eigenvalue weighted by Gasteiger charge is 2.05. The molecule has 128 valence electrons.